The first-order valence-electron chi connectivity index (χ1n) is 10.9. The van der Waals surface area contributed by atoms with Gasteiger partial charge in [-0.05, 0) is 37.7 Å². The predicted molar refractivity (Wildman–Crippen MR) is 125 cm³/mol. The third kappa shape index (κ3) is 4.61. The number of carbonyl (C=O) groups is 2. The van der Waals surface area contributed by atoms with Gasteiger partial charge in [-0.25, -0.2) is 0 Å². The first kappa shape index (κ1) is 21.1. The van der Waals surface area contributed by atoms with Crippen LogP contribution in [0.2, 0.25) is 0 Å². The highest BCUT2D eigenvalue weighted by Crippen LogP contribution is 2.29. The van der Waals surface area contributed by atoms with Crippen LogP contribution in [0.15, 0.2) is 59.7 Å². The molecule has 2 aliphatic heterocycles. The van der Waals surface area contributed by atoms with Crippen molar-refractivity contribution in [3.63, 3.8) is 0 Å². The molecule has 0 spiro atoms. The molecule has 7 nitrogen and oxygen atoms in total. The molecule has 4 rings (SSSR count). The zero-order valence-corrected chi connectivity index (χ0v) is 18.1. The van der Waals surface area contributed by atoms with Crippen LogP contribution in [-0.4, -0.2) is 61.1 Å². The smallest absolute Gasteiger partial charge is 0.272 e. The average molecular weight is 420 g/mol. The monoisotopic (exact) mass is 419 g/mol. The molecule has 0 bridgehead atoms. The molecule has 2 aromatic carbocycles. The Kier molecular flexibility index (Phi) is 6.32. The molecule has 1 saturated heterocycles. The van der Waals surface area contributed by atoms with E-state index in [9.17, 15) is 9.59 Å². The predicted octanol–water partition coefficient (Wildman–Crippen LogP) is 2.99. The van der Waals surface area contributed by atoms with Gasteiger partial charge in [-0.1, -0.05) is 37.3 Å². The van der Waals surface area contributed by atoms with E-state index in [1.165, 1.54) is 0 Å². The summed E-state index contributed by atoms with van der Waals surface area (Å²) in [6.07, 6.45) is 0.299. The second-order valence-corrected chi connectivity index (χ2v) is 7.95. The van der Waals surface area contributed by atoms with Crippen molar-refractivity contribution in [3.05, 3.63) is 54.6 Å². The third-order valence-electron chi connectivity index (χ3n) is 5.97. The molecule has 0 saturated carbocycles. The summed E-state index contributed by atoms with van der Waals surface area (Å²) < 4.78 is 0. The first-order chi connectivity index (χ1) is 15.1. The molecule has 0 radical (unpaired) electrons. The third-order valence-corrected chi connectivity index (χ3v) is 5.97. The van der Waals surface area contributed by atoms with E-state index >= 15 is 0 Å². The van der Waals surface area contributed by atoms with Crippen molar-refractivity contribution in [2.45, 2.75) is 26.3 Å². The Balaban J connectivity index is 1.52. The van der Waals surface area contributed by atoms with Crippen molar-refractivity contribution >= 4 is 34.5 Å². The largest absolute Gasteiger partial charge is 0.367 e. The van der Waals surface area contributed by atoms with Gasteiger partial charge >= 0.3 is 0 Å². The van der Waals surface area contributed by atoms with Crippen LogP contribution in [0.5, 0.6) is 0 Å². The Labute approximate surface area is 183 Å². The van der Waals surface area contributed by atoms with Gasteiger partial charge in [0.25, 0.3) is 5.91 Å². The van der Waals surface area contributed by atoms with Gasteiger partial charge < -0.3 is 15.1 Å². The van der Waals surface area contributed by atoms with Crippen molar-refractivity contribution in [2.75, 3.05) is 47.9 Å². The maximum absolute atomic E-state index is 13.1. The SMILES string of the molecule is CCN1CCN(c2ccccc2NC(=O)C2=NN(c3ccccc3)C(C(C)=O)C2)CC1. The molecule has 7 heteroatoms. The average Bonchev–Trinajstić information content (AvgIpc) is 3.26. The van der Waals surface area contributed by atoms with Crippen molar-refractivity contribution in [1.82, 2.24) is 4.90 Å². The fourth-order valence-corrected chi connectivity index (χ4v) is 4.14. The lowest BCUT2D eigenvalue weighted by Gasteiger charge is -2.36. The minimum Gasteiger partial charge on any atom is -0.367 e. The van der Waals surface area contributed by atoms with Crippen LogP contribution >= 0.6 is 0 Å². The van der Waals surface area contributed by atoms with Gasteiger partial charge in [0.1, 0.15) is 11.8 Å². The normalized spacial score (nSPS) is 19.3. The molecule has 2 aliphatic rings. The van der Waals surface area contributed by atoms with Crippen molar-refractivity contribution in [1.29, 1.82) is 0 Å². The molecule has 1 atom stereocenters. The molecular formula is C24H29N5O2. The zero-order chi connectivity index (χ0) is 21.8. The molecule has 2 aromatic rings. The summed E-state index contributed by atoms with van der Waals surface area (Å²) in [5, 5.41) is 9.22. The summed E-state index contributed by atoms with van der Waals surface area (Å²) in [4.78, 5) is 30.0. The number of rotatable bonds is 6. The molecule has 162 valence electrons. The number of hydrogen-bond acceptors (Lipinski definition) is 6. The molecule has 1 amide bonds. The van der Waals surface area contributed by atoms with Crippen LogP contribution in [0.25, 0.3) is 0 Å². The van der Waals surface area contributed by atoms with Crippen LogP contribution in [0, 0.1) is 0 Å². The van der Waals surface area contributed by atoms with E-state index in [4.69, 9.17) is 0 Å². The summed E-state index contributed by atoms with van der Waals surface area (Å²) in [6.45, 7) is 8.66. The van der Waals surface area contributed by atoms with E-state index in [1.807, 2.05) is 54.6 Å². The fourth-order valence-electron chi connectivity index (χ4n) is 4.14. The number of Topliss-reactive ketones (excluding diaryl/α,β-unsaturated/α-hetero) is 1. The summed E-state index contributed by atoms with van der Waals surface area (Å²) in [5.74, 6) is -0.270. The van der Waals surface area contributed by atoms with Crippen molar-refractivity contribution in [3.8, 4) is 0 Å². The lowest BCUT2D eigenvalue weighted by molar-refractivity contribution is -0.118. The van der Waals surface area contributed by atoms with Gasteiger partial charge in [0, 0.05) is 32.6 Å². The topological polar surface area (TPSA) is 68.2 Å². The van der Waals surface area contributed by atoms with E-state index < -0.39 is 6.04 Å². The number of nitrogens with zero attached hydrogens (tertiary/aromatic N) is 4. The number of para-hydroxylation sites is 3. The number of anilines is 3. The molecule has 1 N–H and O–H groups in total. The van der Waals surface area contributed by atoms with E-state index in [2.05, 4.69) is 27.1 Å². The van der Waals surface area contributed by atoms with Gasteiger partial charge in [0.2, 0.25) is 0 Å². The number of amides is 1. The fraction of sp³-hybridized carbons (Fsp3) is 0.375. The molecule has 0 aliphatic carbocycles. The molecule has 2 heterocycles. The van der Waals surface area contributed by atoms with Crippen LogP contribution < -0.4 is 15.2 Å². The number of hydrazone groups is 1. The Morgan fingerprint density at radius 3 is 2.35 bits per heavy atom. The zero-order valence-electron chi connectivity index (χ0n) is 18.1. The van der Waals surface area contributed by atoms with E-state index in [1.54, 1.807) is 11.9 Å². The maximum atomic E-state index is 13.1. The van der Waals surface area contributed by atoms with Crippen LogP contribution in [0.1, 0.15) is 20.3 Å². The number of benzene rings is 2. The summed E-state index contributed by atoms with van der Waals surface area (Å²) >= 11 is 0. The standard InChI is InChI=1S/C24H29N5O2/c1-3-27-13-15-28(16-14-27)22-12-8-7-11-20(22)25-24(31)21-17-23(18(2)30)29(26-21)19-9-5-4-6-10-19/h4-12,23H,3,13-17H2,1-2H3,(H,25,31). The summed E-state index contributed by atoms with van der Waals surface area (Å²) in [5.41, 5.74) is 2.97. The van der Waals surface area contributed by atoms with E-state index in [-0.39, 0.29) is 11.7 Å². The Bertz CT molecular complexity index is 967. The second kappa shape index (κ2) is 9.31. The lowest BCUT2D eigenvalue weighted by Crippen LogP contribution is -2.46. The van der Waals surface area contributed by atoms with Crippen LogP contribution in [0.3, 0.4) is 0 Å². The molecule has 31 heavy (non-hydrogen) atoms. The highest BCUT2D eigenvalue weighted by atomic mass is 16.2. The first-order valence-corrected chi connectivity index (χ1v) is 10.9. The highest BCUT2D eigenvalue weighted by Gasteiger charge is 2.34. The van der Waals surface area contributed by atoms with E-state index in [0.717, 1.165) is 49.8 Å². The number of hydrogen-bond donors (Lipinski definition) is 1. The maximum Gasteiger partial charge on any atom is 0.272 e. The molecule has 0 aromatic heterocycles. The molecule has 1 unspecified atom stereocenters. The summed E-state index contributed by atoms with van der Waals surface area (Å²) in [7, 11) is 0. The lowest BCUT2D eigenvalue weighted by atomic mass is 10.1. The minimum absolute atomic E-state index is 0.00963. The summed E-state index contributed by atoms with van der Waals surface area (Å²) in [6, 6.07) is 16.9. The quantitative estimate of drug-likeness (QED) is 0.780. The van der Waals surface area contributed by atoms with Gasteiger partial charge in [-0.15, -0.1) is 0 Å². The number of ketones is 1. The number of piperazine rings is 1. The van der Waals surface area contributed by atoms with Gasteiger partial charge in [-0.2, -0.15) is 5.10 Å². The minimum atomic E-state index is -0.458. The number of likely N-dealkylation sites (N-methyl/N-ethyl adjacent to an activating group) is 1. The van der Waals surface area contributed by atoms with Crippen LogP contribution in [-0.2, 0) is 9.59 Å². The van der Waals surface area contributed by atoms with Gasteiger partial charge in [-0.3, -0.25) is 14.6 Å². The molecular weight excluding hydrogens is 390 g/mol. The van der Waals surface area contributed by atoms with Gasteiger partial charge in [0.15, 0.2) is 5.78 Å². The number of carbonyl (C=O) groups excluding carboxylic acids is 2. The van der Waals surface area contributed by atoms with Crippen molar-refractivity contribution in [2.24, 2.45) is 5.10 Å². The second-order valence-electron chi connectivity index (χ2n) is 7.95. The van der Waals surface area contributed by atoms with Gasteiger partial charge in [0.05, 0.1) is 17.1 Å². The Morgan fingerprint density at radius 2 is 1.68 bits per heavy atom. The Hall–Kier alpha value is -3.19. The Morgan fingerprint density at radius 1 is 1.00 bits per heavy atom. The number of nitrogens with one attached hydrogen (secondary N) is 1. The van der Waals surface area contributed by atoms with Crippen LogP contribution in [0.4, 0.5) is 17.1 Å². The highest BCUT2D eigenvalue weighted by molar-refractivity contribution is 6.44. The van der Waals surface area contributed by atoms with Crippen molar-refractivity contribution < 1.29 is 9.59 Å². The van der Waals surface area contributed by atoms with E-state index in [0.29, 0.717) is 12.1 Å². The molecule has 1 fully saturated rings.